The SMILES string of the molecule is CCCCCCCCOc1cc2c3cc(OCCCCCCCC)c(OCCCCCCCC)cc3c3nc4cc(N/C=C/C(=O)CCCCCCC)c(N/C=C/C(=O)CCCCCCC)cc4nc3c2cc1OCCCCCCCC. The number of nitrogens with one attached hydrogen (secondary N) is 2. The number of rotatable bonds is 50. The van der Waals surface area contributed by atoms with Gasteiger partial charge in [-0.1, -0.05) is 221 Å². The maximum absolute atomic E-state index is 13.1. The van der Waals surface area contributed by atoms with E-state index in [0.717, 1.165) is 145 Å². The van der Waals surface area contributed by atoms with Crippen molar-refractivity contribution in [3.63, 3.8) is 0 Å². The number of unbranched alkanes of at least 4 members (excludes halogenated alkanes) is 28. The summed E-state index contributed by atoms with van der Waals surface area (Å²) in [6.45, 7) is 15.9. The fraction of sp³-hybridized carbons (Fsp3) is 0.639. The van der Waals surface area contributed by atoms with Crippen molar-refractivity contribution in [3.8, 4) is 23.0 Å². The Morgan fingerprint density at radius 2 is 0.598 bits per heavy atom. The highest BCUT2D eigenvalue weighted by atomic mass is 16.5. The van der Waals surface area contributed by atoms with Crippen LogP contribution in [0.4, 0.5) is 11.4 Å². The lowest BCUT2D eigenvalue weighted by molar-refractivity contribution is -0.115. The van der Waals surface area contributed by atoms with E-state index in [2.05, 4.69) is 76.4 Å². The minimum Gasteiger partial charge on any atom is -0.490 e. The number of ether oxygens (including phenoxy) is 4. The third-order valence-electron chi connectivity index (χ3n) is 15.9. The summed E-state index contributed by atoms with van der Waals surface area (Å²) < 4.78 is 27.1. The maximum Gasteiger partial charge on any atom is 0.161 e. The molecule has 10 heteroatoms. The molecule has 0 fully saturated rings. The lowest BCUT2D eigenvalue weighted by Crippen LogP contribution is -2.05. The van der Waals surface area contributed by atoms with E-state index in [-0.39, 0.29) is 11.6 Å². The van der Waals surface area contributed by atoms with Crippen LogP contribution in [-0.2, 0) is 9.59 Å². The van der Waals surface area contributed by atoms with E-state index < -0.39 is 0 Å². The first kappa shape index (κ1) is 67.4. The van der Waals surface area contributed by atoms with Crippen LogP contribution >= 0.6 is 0 Å². The average Bonchev–Trinajstić information content (AvgIpc) is 3.51. The summed E-state index contributed by atoms with van der Waals surface area (Å²) in [6, 6.07) is 12.6. The van der Waals surface area contributed by atoms with Crippen LogP contribution in [0, 0.1) is 0 Å². The van der Waals surface area contributed by atoms with Gasteiger partial charge < -0.3 is 29.6 Å². The molecule has 0 radical (unpaired) electrons. The lowest BCUT2D eigenvalue weighted by Gasteiger charge is -2.19. The topological polar surface area (TPSA) is 121 Å². The third-order valence-corrected chi connectivity index (χ3v) is 15.9. The minimum atomic E-state index is 0.0870. The standard InChI is InChI=1S/C72H110N4O6/c1-7-13-19-25-31-37-47-79-67-51-59-60-52-68(80-48-38-32-26-20-14-8-2)70(82-50-40-34-28-22-16-10-4)54-62(60)72-71(61(59)53-69(67)81-49-39-33-27-21-15-9-3)75-65-55-63(73-45-43-57(77)41-35-29-23-17-11-5)64(56-66(65)76-72)74-46-44-58(78)42-36-30-24-18-12-6/h43-46,51-56,73-74H,7-42,47-50H2,1-6H3/b45-43+,46-44+. The molecule has 4 aromatic carbocycles. The van der Waals surface area contributed by atoms with Crippen LogP contribution in [0.15, 0.2) is 61.0 Å². The van der Waals surface area contributed by atoms with Crippen LogP contribution in [0.2, 0.25) is 0 Å². The molecule has 0 bridgehead atoms. The number of benzene rings is 4. The Morgan fingerprint density at radius 1 is 0.341 bits per heavy atom. The molecule has 0 saturated heterocycles. The summed E-state index contributed by atoms with van der Waals surface area (Å²) >= 11 is 0. The summed E-state index contributed by atoms with van der Waals surface area (Å²) in [6.07, 6.45) is 46.9. The molecule has 0 atom stereocenters. The van der Waals surface area contributed by atoms with Gasteiger partial charge in [-0.2, -0.15) is 0 Å². The van der Waals surface area contributed by atoms with E-state index in [0.29, 0.717) is 61.7 Å². The van der Waals surface area contributed by atoms with Crippen LogP contribution in [0.25, 0.3) is 43.6 Å². The molecule has 10 nitrogen and oxygen atoms in total. The highest BCUT2D eigenvalue weighted by Crippen LogP contribution is 2.45. The van der Waals surface area contributed by atoms with E-state index >= 15 is 0 Å². The zero-order chi connectivity index (χ0) is 58.2. The normalized spacial score (nSPS) is 11.8. The van der Waals surface area contributed by atoms with Crippen molar-refractivity contribution in [3.05, 3.63) is 61.0 Å². The monoisotopic (exact) mass is 1130 g/mol. The van der Waals surface area contributed by atoms with Gasteiger partial charge in [-0.05, 0) is 97.8 Å². The van der Waals surface area contributed by atoms with Crippen molar-refractivity contribution >= 4 is 66.6 Å². The average molecular weight is 1130 g/mol. The second kappa shape index (κ2) is 41.6. The second-order valence-corrected chi connectivity index (χ2v) is 23.2. The Kier molecular flexibility index (Phi) is 34.2. The molecular weight excluding hydrogens is 1020 g/mol. The Bertz CT molecular complexity index is 2480. The largest absolute Gasteiger partial charge is 0.490 e. The van der Waals surface area contributed by atoms with E-state index in [1.807, 2.05) is 12.1 Å². The molecule has 5 aromatic rings. The highest BCUT2D eigenvalue weighted by Gasteiger charge is 2.21. The first-order valence-corrected chi connectivity index (χ1v) is 33.5. The van der Waals surface area contributed by atoms with E-state index in [1.54, 1.807) is 24.6 Å². The van der Waals surface area contributed by atoms with Gasteiger partial charge in [0.25, 0.3) is 0 Å². The number of ketones is 2. The van der Waals surface area contributed by atoms with Crippen LogP contribution in [-0.4, -0.2) is 48.0 Å². The number of hydrogen-bond acceptors (Lipinski definition) is 10. The third kappa shape index (κ3) is 24.4. The number of carbonyl (C=O) groups is 2. The van der Waals surface area contributed by atoms with Crippen molar-refractivity contribution in [1.82, 2.24) is 9.97 Å². The molecule has 5 rings (SSSR count). The van der Waals surface area contributed by atoms with Gasteiger partial charge >= 0.3 is 0 Å². The quantitative estimate of drug-likeness (QED) is 0.0169. The van der Waals surface area contributed by atoms with Crippen molar-refractivity contribution in [2.45, 2.75) is 273 Å². The van der Waals surface area contributed by atoms with Crippen LogP contribution in [0.5, 0.6) is 23.0 Å². The van der Waals surface area contributed by atoms with Crippen LogP contribution in [0.3, 0.4) is 0 Å². The molecule has 2 N–H and O–H groups in total. The Labute approximate surface area is 496 Å². The summed E-state index contributed by atoms with van der Waals surface area (Å²) in [5.74, 6) is 3.10. The van der Waals surface area contributed by atoms with Crippen molar-refractivity contribution < 1.29 is 28.5 Å². The van der Waals surface area contributed by atoms with Gasteiger partial charge in [-0.3, -0.25) is 9.59 Å². The van der Waals surface area contributed by atoms with E-state index in [4.69, 9.17) is 28.9 Å². The van der Waals surface area contributed by atoms with Crippen molar-refractivity contribution in [2.75, 3.05) is 37.1 Å². The number of nitrogens with zero attached hydrogens (tertiary/aromatic N) is 2. The highest BCUT2D eigenvalue weighted by molar-refractivity contribution is 6.25. The van der Waals surface area contributed by atoms with Gasteiger partial charge in [0.1, 0.15) is 0 Å². The molecule has 0 aliphatic heterocycles. The number of aromatic nitrogens is 2. The zero-order valence-electron chi connectivity index (χ0n) is 52.4. The smallest absolute Gasteiger partial charge is 0.161 e. The number of hydrogen-bond donors (Lipinski definition) is 2. The first-order chi connectivity index (χ1) is 40.3. The van der Waals surface area contributed by atoms with Gasteiger partial charge in [-0.15, -0.1) is 0 Å². The van der Waals surface area contributed by atoms with Crippen LogP contribution in [0.1, 0.15) is 273 Å². The first-order valence-electron chi connectivity index (χ1n) is 33.5. The number of carbonyl (C=O) groups excluding carboxylic acids is 2. The van der Waals surface area contributed by atoms with Gasteiger partial charge in [0.15, 0.2) is 34.6 Å². The molecule has 1 heterocycles. The second-order valence-electron chi connectivity index (χ2n) is 23.2. The summed E-state index contributed by atoms with van der Waals surface area (Å²) in [7, 11) is 0. The number of anilines is 2. The molecule has 0 aliphatic carbocycles. The molecule has 82 heavy (non-hydrogen) atoms. The number of allylic oxidation sites excluding steroid dienone is 2. The Morgan fingerprint density at radius 3 is 0.890 bits per heavy atom. The molecule has 0 aliphatic rings. The lowest BCUT2D eigenvalue weighted by atomic mass is 9.97. The Hall–Kier alpha value is -5.38. The van der Waals surface area contributed by atoms with E-state index in [9.17, 15) is 9.59 Å². The molecule has 1 aromatic heterocycles. The Balaban J connectivity index is 1.68. The number of fused-ring (bicyclic) bond motifs is 7. The maximum atomic E-state index is 13.1. The van der Waals surface area contributed by atoms with Crippen molar-refractivity contribution in [2.24, 2.45) is 0 Å². The summed E-state index contributed by atoms with van der Waals surface area (Å²) in [4.78, 5) is 37.2. The molecule has 0 unspecified atom stereocenters. The van der Waals surface area contributed by atoms with Crippen LogP contribution < -0.4 is 29.6 Å². The molecule has 0 spiro atoms. The fourth-order valence-corrected chi connectivity index (χ4v) is 10.8. The molecule has 454 valence electrons. The minimum absolute atomic E-state index is 0.0870. The van der Waals surface area contributed by atoms with Gasteiger partial charge in [0.2, 0.25) is 0 Å². The van der Waals surface area contributed by atoms with Gasteiger partial charge in [-0.25, -0.2) is 9.97 Å². The predicted octanol–water partition coefficient (Wildman–Crippen LogP) is 21.8. The summed E-state index contributed by atoms with van der Waals surface area (Å²) in [5.41, 5.74) is 4.27. The summed E-state index contributed by atoms with van der Waals surface area (Å²) in [5, 5.41) is 10.7. The van der Waals surface area contributed by atoms with Gasteiger partial charge in [0, 0.05) is 36.0 Å². The predicted molar refractivity (Wildman–Crippen MR) is 350 cm³/mol. The molecule has 0 saturated carbocycles. The van der Waals surface area contributed by atoms with E-state index in [1.165, 1.54) is 128 Å². The zero-order valence-corrected chi connectivity index (χ0v) is 52.4. The van der Waals surface area contributed by atoms with Gasteiger partial charge in [0.05, 0.1) is 59.9 Å². The molecule has 0 amide bonds. The fourth-order valence-electron chi connectivity index (χ4n) is 10.8. The van der Waals surface area contributed by atoms with Crippen molar-refractivity contribution in [1.29, 1.82) is 0 Å². The molecular formula is C72H110N4O6.